The van der Waals surface area contributed by atoms with E-state index in [1.54, 1.807) is 24.3 Å². The molecule has 182 valence electrons. The Balaban J connectivity index is 1.48. The first kappa shape index (κ1) is 23.9. The molecular weight excluding hydrogens is 448 g/mol. The number of aromatic nitrogens is 2. The number of benzene rings is 2. The van der Waals surface area contributed by atoms with Crippen molar-refractivity contribution < 1.29 is 14.5 Å². The van der Waals surface area contributed by atoms with Crippen LogP contribution < -0.4 is 15.1 Å². The van der Waals surface area contributed by atoms with Gasteiger partial charge in [-0.05, 0) is 42.3 Å². The minimum absolute atomic E-state index is 0.0978. The predicted octanol–water partition coefficient (Wildman–Crippen LogP) is 4.27. The van der Waals surface area contributed by atoms with Gasteiger partial charge in [0.1, 0.15) is 6.33 Å². The number of nitro groups is 1. The molecule has 2 heterocycles. The highest BCUT2D eigenvalue weighted by molar-refractivity contribution is 5.90. The number of carbonyl (C=O) groups is 1. The highest BCUT2D eigenvalue weighted by atomic mass is 16.6. The number of esters is 1. The Morgan fingerprint density at radius 3 is 2.31 bits per heavy atom. The largest absolute Gasteiger partial charge is 0.462 e. The van der Waals surface area contributed by atoms with Gasteiger partial charge in [0, 0.05) is 37.6 Å². The van der Waals surface area contributed by atoms with E-state index in [-0.39, 0.29) is 23.2 Å². The van der Waals surface area contributed by atoms with E-state index in [9.17, 15) is 14.9 Å². The topological polar surface area (TPSA) is 114 Å². The van der Waals surface area contributed by atoms with Crippen LogP contribution in [0.2, 0.25) is 0 Å². The number of hydrogen-bond donors (Lipinski definition) is 1. The number of hydrogen-bond acceptors (Lipinski definition) is 9. The fourth-order valence-electron chi connectivity index (χ4n) is 3.83. The second-order valence-electron chi connectivity index (χ2n) is 8.66. The summed E-state index contributed by atoms with van der Waals surface area (Å²) in [6, 6.07) is 16.6. The van der Waals surface area contributed by atoms with Crippen LogP contribution in [0.1, 0.15) is 24.2 Å². The van der Waals surface area contributed by atoms with Gasteiger partial charge >= 0.3 is 11.7 Å². The lowest BCUT2D eigenvalue weighted by atomic mass is 10.2. The predicted molar refractivity (Wildman–Crippen MR) is 134 cm³/mol. The summed E-state index contributed by atoms with van der Waals surface area (Å²) in [6.45, 7) is 6.91. The Labute approximate surface area is 203 Å². The molecule has 0 spiro atoms. The quantitative estimate of drug-likeness (QED) is 0.289. The SMILES string of the molecule is CC(C)COC(=O)c1ccc(Nc2ncnc(N3CCN(c4ccccc4)CC3)c2[N+](=O)[O-])cc1. The Morgan fingerprint density at radius 1 is 1.03 bits per heavy atom. The van der Waals surface area contributed by atoms with Gasteiger partial charge in [-0.3, -0.25) is 10.1 Å². The minimum atomic E-state index is -0.459. The van der Waals surface area contributed by atoms with E-state index in [0.29, 0.717) is 30.9 Å². The number of nitrogens with one attached hydrogen (secondary N) is 1. The Bertz CT molecular complexity index is 1160. The second kappa shape index (κ2) is 10.8. The van der Waals surface area contributed by atoms with Crippen LogP contribution in [0.25, 0.3) is 0 Å². The van der Waals surface area contributed by atoms with E-state index >= 15 is 0 Å². The Kier molecular flexibility index (Phi) is 7.39. The van der Waals surface area contributed by atoms with Gasteiger partial charge in [-0.15, -0.1) is 0 Å². The Hall–Kier alpha value is -4.21. The normalized spacial score (nSPS) is 13.6. The molecule has 1 aliphatic heterocycles. The molecule has 0 radical (unpaired) electrons. The van der Waals surface area contributed by atoms with E-state index in [2.05, 4.69) is 32.3 Å². The van der Waals surface area contributed by atoms with Crippen molar-refractivity contribution in [1.29, 1.82) is 0 Å². The summed E-state index contributed by atoms with van der Waals surface area (Å²) in [7, 11) is 0. The van der Waals surface area contributed by atoms with Crippen LogP contribution >= 0.6 is 0 Å². The van der Waals surface area contributed by atoms with Crippen molar-refractivity contribution in [2.75, 3.05) is 47.9 Å². The van der Waals surface area contributed by atoms with Crippen LogP contribution in [0.15, 0.2) is 60.9 Å². The molecule has 1 aliphatic rings. The first-order valence-electron chi connectivity index (χ1n) is 11.5. The molecule has 0 amide bonds. The van der Waals surface area contributed by atoms with Crippen molar-refractivity contribution in [2.45, 2.75) is 13.8 Å². The summed E-state index contributed by atoms with van der Waals surface area (Å²) in [5.74, 6) is 0.221. The molecule has 4 rings (SSSR count). The molecule has 0 unspecified atom stereocenters. The molecular formula is C25H28N6O4. The summed E-state index contributed by atoms with van der Waals surface area (Å²) in [6.07, 6.45) is 1.33. The highest BCUT2D eigenvalue weighted by Gasteiger charge is 2.29. The van der Waals surface area contributed by atoms with E-state index in [4.69, 9.17) is 4.74 Å². The van der Waals surface area contributed by atoms with Gasteiger partial charge in [0.15, 0.2) is 0 Å². The van der Waals surface area contributed by atoms with Crippen molar-refractivity contribution >= 4 is 34.7 Å². The van der Waals surface area contributed by atoms with Crippen LogP contribution in [0.4, 0.5) is 28.7 Å². The molecule has 3 aromatic rings. The van der Waals surface area contributed by atoms with Crippen LogP contribution in [-0.2, 0) is 4.74 Å². The number of para-hydroxylation sites is 1. The molecule has 0 aliphatic carbocycles. The van der Waals surface area contributed by atoms with Crippen molar-refractivity contribution in [3.05, 3.63) is 76.6 Å². The fraction of sp³-hybridized carbons (Fsp3) is 0.320. The lowest BCUT2D eigenvalue weighted by molar-refractivity contribution is -0.383. The Morgan fingerprint density at radius 2 is 1.69 bits per heavy atom. The molecule has 0 atom stereocenters. The number of nitrogens with zero attached hydrogens (tertiary/aromatic N) is 5. The molecule has 0 bridgehead atoms. The molecule has 1 N–H and O–H groups in total. The van der Waals surface area contributed by atoms with Gasteiger partial charge in [-0.25, -0.2) is 14.8 Å². The summed E-state index contributed by atoms with van der Waals surface area (Å²) in [5.41, 5.74) is 1.92. The zero-order chi connectivity index (χ0) is 24.8. The molecule has 10 heteroatoms. The van der Waals surface area contributed by atoms with Crippen LogP contribution in [0, 0.1) is 16.0 Å². The van der Waals surface area contributed by atoms with Crippen LogP contribution in [0.5, 0.6) is 0 Å². The molecule has 35 heavy (non-hydrogen) atoms. The fourth-order valence-corrected chi connectivity index (χ4v) is 3.83. The number of piperazine rings is 1. The van der Waals surface area contributed by atoms with Crippen molar-refractivity contribution in [3.63, 3.8) is 0 Å². The average molecular weight is 477 g/mol. The monoisotopic (exact) mass is 476 g/mol. The van der Waals surface area contributed by atoms with E-state index < -0.39 is 10.9 Å². The lowest BCUT2D eigenvalue weighted by Crippen LogP contribution is -2.47. The maximum absolute atomic E-state index is 12.1. The number of rotatable bonds is 8. The maximum Gasteiger partial charge on any atom is 0.353 e. The first-order chi connectivity index (χ1) is 16.9. The van der Waals surface area contributed by atoms with Crippen molar-refractivity contribution in [2.24, 2.45) is 5.92 Å². The molecule has 1 fully saturated rings. The molecule has 0 saturated carbocycles. The molecule has 1 aromatic heterocycles. The summed E-state index contributed by atoms with van der Waals surface area (Å²) in [5, 5.41) is 15.0. The zero-order valence-corrected chi connectivity index (χ0v) is 19.8. The summed E-state index contributed by atoms with van der Waals surface area (Å²) < 4.78 is 5.24. The van der Waals surface area contributed by atoms with Crippen molar-refractivity contribution in [3.8, 4) is 0 Å². The van der Waals surface area contributed by atoms with Gasteiger partial charge < -0.3 is 19.9 Å². The standard InChI is InChI=1S/C25H28N6O4/c1-18(2)16-35-25(32)19-8-10-20(11-9-19)28-23-22(31(33)34)24(27-17-26-23)30-14-12-29(13-15-30)21-6-4-3-5-7-21/h3-11,17-18H,12-16H2,1-2H3,(H,26,27,28). The average Bonchev–Trinajstić information content (AvgIpc) is 2.88. The number of carbonyl (C=O) groups excluding carboxylic acids is 1. The summed E-state index contributed by atoms with van der Waals surface area (Å²) >= 11 is 0. The van der Waals surface area contributed by atoms with Gasteiger partial charge in [0.2, 0.25) is 11.6 Å². The van der Waals surface area contributed by atoms with E-state index in [0.717, 1.165) is 18.8 Å². The first-order valence-corrected chi connectivity index (χ1v) is 11.5. The third kappa shape index (κ3) is 5.84. The highest BCUT2D eigenvalue weighted by Crippen LogP contribution is 2.34. The molecule has 10 nitrogen and oxygen atoms in total. The minimum Gasteiger partial charge on any atom is -0.462 e. The van der Waals surface area contributed by atoms with Crippen molar-refractivity contribution in [1.82, 2.24) is 9.97 Å². The smallest absolute Gasteiger partial charge is 0.353 e. The lowest BCUT2D eigenvalue weighted by Gasteiger charge is -2.36. The number of anilines is 4. The van der Waals surface area contributed by atoms with E-state index in [1.165, 1.54) is 6.33 Å². The van der Waals surface area contributed by atoms with Gasteiger partial charge in [-0.2, -0.15) is 0 Å². The van der Waals surface area contributed by atoms with Gasteiger partial charge in [0.05, 0.1) is 17.1 Å². The zero-order valence-electron chi connectivity index (χ0n) is 19.8. The van der Waals surface area contributed by atoms with Gasteiger partial charge in [0.25, 0.3) is 0 Å². The maximum atomic E-state index is 12.1. The second-order valence-corrected chi connectivity index (χ2v) is 8.66. The summed E-state index contributed by atoms with van der Waals surface area (Å²) in [4.78, 5) is 36.2. The van der Waals surface area contributed by atoms with E-state index in [1.807, 2.05) is 36.9 Å². The molecule has 1 saturated heterocycles. The van der Waals surface area contributed by atoms with Crippen LogP contribution in [0.3, 0.4) is 0 Å². The third-order valence-corrected chi connectivity index (χ3v) is 5.62. The van der Waals surface area contributed by atoms with Gasteiger partial charge in [-0.1, -0.05) is 32.0 Å². The molecule has 2 aromatic carbocycles. The number of ether oxygens (including phenoxy) is 1. The van der Waals surface area contributed by atoms with Crippen LogP contribution in [-0.4, -0.2) is 53.6 Å². The third-order valence-electron chi connectivity index (χ3n) is 5.62.